The van der Waals surface area contributed by atoms with Crippen molar-refractivity contribution in [3.8, 4) is 0 Å². The number of hydrogen-bond donors (Lipinski definition) is 0. The first-order valence-corrected chi connectivity index (χ1v) is 4.74. The van der Waals surface area contributed by atoms with Gasteiger partial charge in [0.2, 0.25) is 0 Å². The fraction of sp³-hybridized carbons (Fsp3) is 0.800. The Labute approximate surface area is 78.5 Å². The Kier molecular flexibility index (Phi) is 3.07. The summed E-state index contributed by atoms with van der Waals surface area (Å²) < 4.78 is 5.07. The zero-order chi connectivity index (χ0) is 9.90. The Hall–Kier alpha value is -0.860. The molecule has 1 saturated carbocycles. The molecule has 0 N–H and O–H groups in total. The molecule has 0 saturated heterocycles. The summed E-state index contributed by atoms with van der Waals surface area (Å²) >= 11 is 0. The SMILES string of the molecule is CC(=O)OC1(C=O)CCC(C)CC1. The van der Waals surface area contributed by atoms with E-state index >= 15 is 0 Å². The van der Waals surface area contributed by atoms with Crippen LogP contribution in [-0.4, -0.2) is 17.9 Å². The van der Waals surface area contributed by atoms with Crippen LogP contribution in [0.3, 0.4) is 0 Å². The van der Waals surface area contributed by atoms with E-state index in [0.29, 0.717) is 18.8 Å². The molecule has 0 aromatic rings. The first kappa shape index (κ1) is 10.2. The van der Waals surface area contributed by atoms with Crippen molar-refractivity contribution in [1.82, 2.24) is 0 Å². The smallest absolute Gasteiger partial charge is 0.303 e. The van der Waals surface area contributed by atoms with Gasteiger partial charge in [0.1, 0.15) is 0 Å². The predicted octanol–water partition coefficient (Wildman–Crippen LogP) is 1.70. The van der Waals surface area contributed by atoms with Gasteiger partial charge in [0.15, 0.2) is 11.9 Å². The van der Waals surface area contributed by atoms with Crippen LogP contribution in [0.2, 0.25) is 0 Å². The van der Waals surface area contributed by atoms with Crippen molar-refractivity contribution in [2.75, 3.05) is 0 Å². The van der Waals surface area contributed by atoms with Gasteiger partial charge in [-0.1, -0.05) is 6.92 Å². The van der Waals surface area contributed by atoms with E-state index in [2.05, 4.69) is 6.92 Å². The molecule has 0 aromatic carbocycles. The van der Waals surface area contributed by atoms with Gasteiger partial charge in [0, 0.05) is 6.92 Å². The number of rotatable bonds is 2. The molecule has 3 nitrogen and oxygen atoms in total. The maximum Gasteiger partial charge on any atom is 0.303 e. The average Bonchev–Trinajstić information content (AvgIpc) is 2.09. The summed E-state index contributed by atoms with van der Waals surface area (Å²) in [6, 6.07) is 0. The standard InChI is InChI=1S/C10H16O3/c1-8-3-5-10(7-11,6-4-8)13-9(2)12/h7-8H,3-6H2,1-2H3. The first-order valence-electron chi connectivity index (χ1n) is 4.74. The molecule has 74 valence electrons. The molecular weight excluding hydrogens is 168 g/mol. The van der Waals surface area contributed by atoms with Crippen LogP contribution in [0.5, 0.6) is 0 Å². The second-order valence-electron chi connectivity index (χ2n) is 3.96. The van der Waals surface area contributed by atoms with Gasteiger partial charge in [-0.3, -0.25) is 9.59 Å². The van der Waals surface area contributed by atoms with Gasteiger partial charge >= 0.3 is 5.97 Å². The van der Waals surface area contributed by atoms with E-state index in [0.717, 1.165) is 19.1 Å². The highest BCUT2D eigenvalue weighted by atomic mass is 16.6. The summed E-state index contributed by atoms with van der Waals surface area (Å²) in [5.41, 5.74) is -0.807. The van der Waals surface area contributed by atoms with Crippen molar-refractivity contribution in [2.45, 2.75) is 45.1 Å². The minimum absolute atomic E-state index is 0.360. The highest BCUT2D eigenvalue weighted by Gasteiger charge is 2.36. The fourth-order valence-corrected chi connectivity index (χ4v) is 1.78. The van der Waals surface area contributed by atoms with Crippen LogP contribution in [0.15, 0.2) is 0 Å². The maximum absolute atomic E-state index is 10.8. The maximum atomic E-state index is 10.8. The molecule has 0 atom stereocenters. The number of carbonyl (C=O) groups excluding carboxylic acids is 2. The Morgan fingerprint density at radius 1 is 1.46 bits per heavy atom. The van der Waals surface area contributed by atoms with E-state index in [9.17, 15) is 9.59 Å². The Bertz CT molecular complexity index is 202. The van der Waals surface area contributed by atoms with Crippen molar-refractivity contribution in [2.24, 2.45) is 5.92 Å². The Balaban J connectivity index is 2.60. The molecule has 1 aliphatic carbocycles. The summed E-state index contributed by atoms with van der Waals surface area (Å²) in [6.07, 6.45) is 4.08. The zero-order valence-corrected chi connectivity index (χ0v) is 8.21. The normalized spacial score (nSPS) is 33.8. The molecule has 0 spiro atoms. The molecule has 1 rings (SSSR count). The molecule has 1 fully saturated rings. The monoisotopic (exact) mass is 184 g/mol. The largest absolute Gasteiger partial charge is 0.452 e. The van der Waals surface area contributed by atoms with E-state index in [1.54, 1.807) is 0 Å². The van der Waals surface area contributed by atoms with Crippen LogP contribution in [-0.2, 0) is 14.3 Å². The minimum Gasteiger partial charge on any atom is -0.452 e. The molecule has 0 amide bonds. The number of hydrogen-bond acceptors (Lipinski definition) is 3. The van der Waals surface area contributed by atoms with Gasteiger partial charge in [-0.25, -0.2) is 0 Å². The quantitative estimate of drug-likeness (QED) is 0.484. The molecule has 0 heterocycles. The Morgan fingerprint density at radius 2 is 2.00 bits per heavy atom. The molecule has 0 radical (unpaired) electrons. The van der Waals surface area contributed by atoms with Crippen molar-refractivity contribution < 1.29 is 14.3 Å². The number of ether oxygens (including phenoxy) is 1. The number of carbonyl (C=O) groups is 2. The van der Waals surface area contributed by atoms with Gasteiger partial charge in [0.05, 0.1) is 0 Å². The lowest BCUT2D eigenvalue weighted by Gasteiger charge is -2.33. The lowest BCUT2D eigenvalue weighted by atomic mass is 9.80. The lowest BCUT2D eigenvalue weighted by Crippen LogP contribution is -2.39. The van der Waals surface area contributed by atoms with Crippen molar-refractivity contribution in [3.63, 3.8) is 0 Å². The highest BCUT2D eigenvalue weighted by molar-refractivity contribution is 5.72. The summed E-state index contributed by atoms with van der Waals surface area (Å²) in [4.78, 5) is 21.6. The second kappa shape index (κ2) is 3.90. The fourth-order valence-electron chi connectivity index (χ4n) is 1.78. The van der Waals surface area contributed by atoms with Crippen LogP contribution < -0.4 is 0 Å². The van der Waals surface area contributed by atoms with Gasteiger partial charge < -0.3 is 4.74 Å². The van der Waals surface area contributed by atoms with Crippen LogP contribution in [0.4, 0.5) is 0 Å². The number of aldehydes is 1. The summed E-state index contributed by atoms with van der Waals surface area (Å²) in [7, 11) is 0. The van der Waals surface area contributed by atoms with Crippen LogP contribution in [0.1, 0.15) is 39.5 Å². The van der Waals surface area contributed by atoms with Crippen molar-refractivity contribution in [3.05, 3.63) is 0 Å². The molecular formula is C10H16O3. The second-order valence-corrected chi connectivity index (χ2v) is 3.96. The topological polar surface area (TPSA) is 43.4 Å². The van der Waals surface area contributed by atoms with Crippen LogP contribution >= 0.6 is 0 Å². The molecule has 3 heteroatoms. The molecule has 13 heavy (non-hydrogen) atoms. The van der Waals surface area contributed by atoms with Crippen LogP contribution in [0, 0.1) is 5.92 Å². The van der Waals surface area contributed by atoms with E-state index in [-0.39, 0.29) is 5.97 Å². The average molecular weight is 184 g/mol. The zero-order valence-electron chi connectivity index (χ0n) is 8.21. The summed E-state index contributed by atoms with van der Waals surface area (Å²) in [6.45, 7) is 3.51. The summed E-state index contributed by atoms with van der Waals surface area (Å²) in [5.74, 6) is 0.283. The van der Waals surface area contributed by atoms with Crippen molar-refractivity contribution >= 4 is 12.3 Å². The van der Waals surface area contributed by atoms with E-state index < -0.39 is 5.60 Å². The number of esters is 1. The van der Waals surface area contributed by atoms with E-state index in [1.807, 2.05) is 0 Å². The predicted molar refractivity (Wildman–Crippen MR) is 48.2 cm³/mol. The lowest BCUT2D eigenvalue weighted by molar-refractivity contribution is -0.164. The molecule has 0 bridgehead atoms. The third-order valence-electron chi connectivity index (χ3n) is 2.68. The molecule has 0 aliphatic heterocycles. The highest BCUT2D eigenvalue weighted by Crippen LogP contribution is 2.33. The first-order chi connectivity index (χ1) is 6.08. The van der Waals surface area contributed by atoms with Gasteiger partial charge in [-0.05, 0) is 31.6 Å². The third-order valence-corrected chi connectivity index (χ3v) is 2.68. The Morgan fingerprint density at radius 3 is 2.38 bits per heavy atom. The van der Waals surface area contributed by atoms with Gasteiger partial charge in [-0.2, -0.15) is 0 Å². The van der Waals surface area contributed by atoms with Crippen LogP contribution in [0.25, 0.3) is 0 Å². The van der Waals surface area contributed by atoms with E-state index in [1.165, 1.54) is 6.92 Å². The van der Waals surface area contributed by atoms with Gasteiger partial charge in [0.25, 0.3) is 0 Å². The third kappa shape index (κ3) is 2.54. The van der Waals surface area contributed by atoms with Crippen molar-refractivity contribution in [1.29, 1.82) is 0 Å². The molecule has 0 unspecified atom stereocenters. The molecule has 1 aliphatic rings. The van der Waals surface area contributed by atoms with E-state index in [4.69, 9.17) is 4.74 Å². The molecule has 0 aromatic heterocycles. The van der Waals surface area contributed by atoms with Gasteiger partial charge in [-0.15, -0.1) is 0 Å². The summed E-state index contributed by atoms with van der Waals surface area (Å²) in [5, 5.41) is 0. The minimum atomic E-state index is -0.807.